The molecular weight excluding hydrogens is 438 g/mol. The molecule has 1 aliphatic heterocycles. The molecule has 5 rings (SSSR count). The van der Waals surface area contributed by atoms with Crippen LogP contribution in [0.1, 0.15) is 32.1 Å². The van der Waals surface area contributed by atoms with Crippen molar-refractivity contribution in [3.8, 4) is 22.9 Å². The van der Waals surface area contributed by atoms with Crippen LogP contribution in [-0.2, 0) is 4.74 Å². The maximum absolute atomic E-state index is 12.9. The number of aromatic nitrogens is 5. The monoisotopic (exact) mass is 459 g/mol. The lowest BCUT2D eigenvalue weighted by Gasteiger charge is -2.20. The maximum Gasteiger partial charge on any atom is 0.338 e. The van der Waals surface area contributed by atoms with Gasteiger partial charge in [0.2, 0.25) is 5.78 Å². The molecule has 0 aliphatic carbocycles. The minimum absolute atomic E-state index is 0.282. The van der Waals surface area contributed by atoms with Crippen LogP contribution in [0.25, 0.3) is 11.4 Å². The molecule has 4 aromatic rings. The molecule has 34 heavy (non-hydrogen) atoms. The maximum atomic E-state index is 12.9. The van der Waals surface area contributed by atoms with E-state index < -0.39 is 5.97 Å². The average Bonchev–Trinajstić information content (AvgIpc) is 3.50. The number of carbonyl (C=O) groups excluding carboxylic acids is 2. The van der Waals surface area contributed by atoms with Gasteiger partial charge < -0.3 is 18.8 Å². The van der Waals surface area contributed by atoms with Gasteiger partial charge in [-0.1, -0.05) is 0 Å². The highest BCUT2D eigenvalue weighted by Crippen LogP contribution is 2.33. The number of ketones is 1. The number of Topliss-reactive ketones (excluding diaryl/α,β-unsaturated/α-hetero) is 1. The smallest absolute Gasteiger partial charge is 0.338 e. The minimum atomic E-state index is -0.586. The lowest BCUT2D eigenvalue weighted by atomic mass is 10.1. The predicted molar refractivity (Wildman–Crippen MR) is 120 cm³/mol. The summed E-state index contributed by atoms with van der Waals surface area (Å²) in [5, 5.41) is 10.9. The number of esters is 1. The van der Waals surface area contributed by atoms with Crippen LogP contribution in [0.15, 0.2) is 54.9 Å². The molecular formula is C24H21N5O5. The first-order chi connectivity index (χ1) is 16.5. The van der Waals surface area contributed by atoms with Crippen LogP contribution >= 0.6 is 0 Å². The zero-order valence-electron chi connectivity index (χ0n) is 18.6. The number of fused-ring (bicyclic) bond motifs is 1. The number of carbonyl (C=O) groups is 2. The van der Waals surface area contributed by atoms with Gasteiger partial charge in [-0.25, -0.2) is 9.48 Å². The van der Waals surface area contributed by atoms with Crippen LogP contribution < -0.4 is 9.47 Å². The van der Waals surface area contributed by atoms with Crippen molar-refractivity contribution in [1.29, 1.82) is 0 Å². The van der Waals surface area contributed by atoms with Gasteiger partial charge in [0, 0.05) is 28.7 Å². The van der Waals surface area contributed by atoms with Gasteiger partial charge in [-0.2, -0.15) is 0 Å². The zero-order chi connectivity index (χ0) is 23.7. The summed E-state index contributed by atoms with van der Waals surface area (Å²) >= 11 is 0. The number of ether oxygens (including phenoxy) is 3. The van der Waals surface area contributed by atoms with Crippen molar-refractivity contribution >= 4 is 11.8 Å². The molecule has 0 N–H and O–H groups in total. The minimum Gasteiger partial charge on any atom is -0.486 e. The Morgan fingerprint density at radius 1 is 0.971 bits per heavy atom. The predicted octanol–water partition coefficient (Wildman–Crippen LogP) is 2.88. The van der Waals surface area contributed by atoms with E-state index in [1.54, 1.807) is 30.3 Å². The molecule has 0 spiro atoms. The summed E-state index contributed by atoms with van der Waals surface area (Å²) in [6.07, 6.45) is 1.45. The first-order valence-electron chi connectivity index (χ1n) is 10.6. The Labute approximate surface area is 194 Å². The number of hydrogen-bond acceptors (Lipinski definition) is 8. The SMILES string of the molecule is Cc1cc(C(=O)COC(=O)c2ccc(-n3cnnn3)cc2)c(C)n1-c1ccc2c(c1)OCCO2. The van der Waals surface area contributed by atoms with Crippen molar-refractivity contribution < 1.29 is 23.8 Å². The number of aryl methyl sites for hydroxylation is 1. The van der Waals surface area contributed by atoms with Gasteiger partial charge in [-0.15, -0.1) is 5.10 Å². The fourth-order valence-corrected chi connectivity index (χ4v) is 3.94. The van der Waals surface area contributed by atoms with E-state index in [0.717, 1.165) is 17.1 Å². The number of hydrogen-bond donors (Lipinski definition) is 0. The molecule has 0 unspecified atom stereocenters. The summed E-state index contributed by atoms with van der Waals surface area (Å²) in [4.78, 5) is 25.3. The van der Waals surface area contributed by atoms with Crippen LogP contribution in [-0.4, -0.2) is 56.3 Å². The molecule has 3 heterocycles. The summed E-state index contributed by atoms with van der Waals surface area (Å²) in [7, 11) is 0. The summed E-state index contributed by atoms with van der Waals surface area (Å²) in [5.41, 5.74) is 4.01. The highest BCUT2D eigenvalue weighted by Gasteiger charge is 2.20. The lowest BCUT2D eigenvalue weighted by molar-refractivity contribution is 0.0474. The second-order valence-corrected chi connectivity index (χ2v) is 7.75. The highest BCUT2D eigenvalue weighted by atomic mass is 16.6. The molecule has 0 bridgehead atoms. The van der Waals surface area contributed by atoms with Gasteiger partial charge in [0.05, 0.1) is 11.3 Å². The van der Waals surface area contributed by atoms with Crippen LogP contribution in [0.2, 0.25) is 0 Å². The standard InChI is InChI=1S/C24H21N5O5/c1-15-11-20(16(2)29(15)19-7-8-22-23(12-19)33-10-9-32-22)21(30)13-34-24(31)17-3-5-18(6-4-17)28-14-25-26-27-28/h3-8,11-12,14H,9-10,13H2,1-2H3. The van der Waals surface area contributed by atoms with Gasteiger partial charge in [0.1, 0.15) is 19.5 Å². The van der Waals surface area contributed by atoms with Crippen molar-refractivity contribution in [2.75, 3.05) is 19.8 Å². The topological polar surface area (TPSA) is 110 Å². The molecule has 0 amide bonds. The third-order valence-corrected chi connectivity index (χ3v) is 5.57. The molecule has 0 fully saturated rings. The fourth-order valence-electron chi connectivity index (χ4n) is 3.94. The Kier molecular flexibility index (Phi) is 5.54. The van der Waals surface area contributed by atoms with E-state index in [1.807, 2.05) is 36.6 Å². The quantitative estimate of drug-likeness (QED) is 0.320. The molecule has 10 nitrogen and oxygen atoms in total. The second-order valence-electron chi connectivity index (χ2n) is 7.75. The van der Waals surface area contributed by atoms with Crippen LogP contribution in [0.4, 0.5) is 0 Å². The van der Waals surface area contributed by atoms with Crippen molar-refractivity contribution in [2.24, 2.45) is 0 Å². The Morgan fingerprint density at radius 3 is 2.44 bits per heavy atom. The Balaban J connectivity index is 1.28. The summed E-state index contributed by atoms with van der Waals surface area (Å²) in [6, 6.07) is 14.0. The van der Waals surface area contributed by atoms with Gasteiger partial charge >= 0.3 is 5.97 Å². The number of rotatable bonds is 6. The Morgan fingerprint density at radius 2 is 1.71 bits per heavy atom. The van der Waals surface area contributed by atoms with E-state index >= 15 is 0 Å². The average molecular weight is 459 g/mol. The molecule has 0 saturated carbocycles. The second kappa shape index (κ2) is 8.81. The molecule has 2 aromatic heterocycles. The normalized spacial score (nSPS) is 12.4. The van der Waals surface area contributed by atoms with E-state index in [1.165, 1.54) is 11.0 Å². The van der Waals surface area contributed by atoms with Crippen molar-refractivity contribution in [2.45, 2.75) is 13.8 Å². The van der Waals surface area contributed by atoms with E-state index in [4.69, 9.17) is 14.2 Å². The van der Waals surface area contributed by atoms with E-state index in [9.17, 15) is 9.59 Å². The molecule has 172 valence electrons. The van der Waals surface area contributed by atoms with Gasteiger partial charge in [0.25, 0.3) is 0 Å². The van der Waals surface area contributed by atoms with E-state index in [0.29, 0.717) is 41.5 Å². The zero-order valence-corrected chi connectivity index (χ0v) is 18.6. The molecule has 2 aromatic carbocycles. The molecule has 1 aliphatic rings. The molecule has 10 heteroatoms. The number of benzene rings is 2. The summed E-state index contributed by atoms with van der Waals surface area (Å²) in [5.74, 6) is 0.503. The van der Waals surface area contributed by atoms with Gasteiger partial charge in [0.15, 0.2) is 18.1 Å². The summed E-state index contributed by atoms with van der Waals surface area (Å²) in [6.45, 7) is 4.43. The number of tetrazole rings is 1. The first-order valence-corrected chi connectivity index (χ1v) is 10.6. The fraction of sp³-hybridized carbons (Fsp3) is 0.208. The van der Waals surface area contributed by atoms with Crippen LogP contribution in [0, 0.1) is 13.8 Å². The largest absolute Gasteiger partial charge is 0.486 e. The number of nitrogens with zero attached hydrogens (tertiary/aromatic N) is 5. The molecule has 0 radical (unpaired) electrons. The van der Waals surface area contributed by atoms with E-state index in [-0.39, 0.29) is 12.4 Å². The first kappa shape index (κ1) is 21.4. The summed E-state index contributed by atoms with van der Waals surface area (Å²) < 4.78 is 20.0. The lowest BCUT2D eigenvalue weighted by Crippen LogP contribution is -2.16. The molecule has 0 saturated heterocycles. The Hall–Kier alpha value is -4.47. The van der Waals surface area contributed by atoms with Crippen molar-refractivity contribution in [1.82, 2.24) is 24.8 Å². The van der Waals surface area contributed by atoms with E-state index in [2.05, 4.69) is 15.5 Å². The van der Waals surface area contributed by atoms with Crippen LogP contribution in [0.3, 0.4) is 0 Å². The third-order valence-electron chi connectivity index (χ3n) is 5.57. The van der Waals surface area contributed by atoms with Crippen molar-refractivity contribution in [3.05, 3.63) is 77.4 Å². The third kappa shape index (κ3) is 4.01. The highest BCUT2D eigenvalue weighted by molar-refractivity contribution is 6.00. The van der Waals surface area contributed by atoms with Crippen LogP contribution in [0.5, 0.6) is 11.5 Å². The van der Waals surface area contributed by atoms with Gasteiger partial charge in [-0.05, 0) is 66.7 Å². The Bertz CT molecular complexity index is 1360. The molecule has 0 atom stereocenters. The van der Waals surface area contributed by atoms with Crippen molar-refractivity contribution in [3.63, 3.8) is 0 Å². The van der Waals surface area contributed by atoms with Gasteiger partial charge in [-0.3, -0.25) is 4.79 Å².